The predicted octanol–water partition coefficient (Wildman–Crippen LogP) is 3.94. The molecule has 0 aromatic carbocycles. The minimum atomic E-state index is 0.709. The first kappa shape index (κ1) is 14.7. The third kappa shape index (κ3) is 6.18. The van der Waals surface area contributed by atoms with Gasteiger partial charge in [-0.05, 0) is 45.6 Å². The van der Waals surface area contributed by atoms with Crippen LogP contribution in [0, 0.1) is 6.92 Å². The SMILES string of the molecule is CCCNC(CCC)CCCc1nc(C)cs1. The quantitative estimate of drug-likeness (QED) is 0.722. The average Bonchev–Trinajstić information content (AvgIpc) is 2.72. The number of aryl methyl sites for hydroxylation is 2. The number of hydrogen-bond acceptors (Lipinski definition) is 3. The molecule has 2 nitrogen and oxygen atoms in total. The molecule has 0 aliphatic carbocycles. The third-order valence-corrected chi connectivity index (χ3v) is 3.96. The van der Waals surface area contributed by atoms with Crippen LogP contribution in [-0.4, -0.2) is 17.6 Å². The molecular formula is C14H26N2S. The molecule has 1 N–H and O–H groups in total. The second-order valence-corrected chi connectivity index (χ2v) is 5.66. The van der Waals surface area contributed by atoms with Crippen molar-refractivity contribution in [2.75, 3.05) is 6.54 Å². The Morgan fingerprint density at radius 2 is 2.12 bits per heavy atom. The van der Waals surface area contributed by atoms with Gasteiger partial charge in [0.25, 0.3) is 0 Å². The summed E-state index contributed by atoms with van der Waals surface area (Å²) < 4.78 is 0. The molecule has 3 heteroatoms. The summed E-state index contributed by atoms with van der Waals surface area (Å²) >= 11 is 1.80. The van der Waals surface area contributed by atoms with Crippen LogP contribution >= 0.6 is 11.3 Å². The van der Waals surface area contributed by atoms with Gasteiger partial charge in [0, 0.05) is 17.1 Å². The molecule has 1 aromatic rings. The summed E-state index contributed by atoms with van der Waals surface area (Å²) in [5.74, 6) is 0. The molecule has 98 valence electrons. The number of aromatic nitrogens is 1. The molecule has 1 rings (SSSR count). The van der Waals surface area contributed by atoms with Crippen LogP contribution in [0.1, 0.15) is 56.7 Å². The molecule has 0 spiro atoms. The summed E-state index contributed by atoms with van der Waals surface area (Å²) in [7, 11) is 0. The summed E-state index contributed by atoms with van der Waals surface area (Å²) in [4.78, 5) is 4.51. The van der Waals surface area contributed by atoms with Crippen molar-refractivity contribution in [2.45, 2.75) is 65.3 Å². The number of thiazole rings is 1. The minimum absolute atomic E-state index is 0.709. The molecule has 0 bridgehead atoms. The maximum atomic E-state index is 4.51. The molecule has 17 heavy (non-hydrogen) atoms. The van der Waals surface area contributed by atoms with E-state index in [2.05, 4.69) is 36.5 Å². The van der Waals surface area contributed by atoms with Gasteiger partial charge in [0.05, 0.1) is 5.01 Å². The molecule has 0 radical (unpaired) electrons. The van der Waals surface area contributed by atoms with E-state index in [1.807, 2.05) is 0 Å². The molecule has 0 fully saturated rings. The van der Waals surface area contributed by atoms with Gasteiger partial charge in [-0.2, -0.15) is 0 Å². The Kier molecular flexibility index (Phi) is 7.45. The normalized spacial score (nSPS) is 12.9. The van der Waals surface area contributed by atoms with Gasteiger partial charge in [-0.1, -0.05) is 20.3 Å². The Morgan fingerprint density at radius 1 is 1.29 bits per heavy atom. The van der Waals surface area contributed by atoms with Gasteiger partial charge in [-0.15, -0.1) is 11.3 Å². The van der Waals surface area contributed by atoms with Crippen LogP contribution < -0.4 is 5.32 Å². The van der Waals surface area contributed by atoms with Gasteiger partial charge in [-0.3, -0.25) is 0 Å². The molecule has 0 saturated carbocycles. The van der Waals surface area contributed by atoms with Crippen LogP contribution in [0.5, 0.6) is 0 Å². The Hall–Kier alpha value is -0.410. The first-order valence-electron chi connectivity index (χ1n) is 6.90. The fourth-order valence-corrected chi connectivity index (χ4v) is 2.88. The summed E-state index contributed by atoms with van der Waals surface area (Å²) in [6, 6.07) is 0.709. The van der Waals surface area contributed by atoms with E-state index in [9.17, 15) is 0 Å². The predicted molar refractivity (Wildman–Crippen MR) is 76.8 cm³/mol. The maximum absolute atomic E-state index is 4.51. The third-order valence-electron chi connectivity index (χ3n) is 2.93. The van der Waals surface area contributed by atoms with Crippen LogP contribution in [0.2, 0.25) is 0 Å². The zero-order valence-electron chi connectivity index (χ0n) is 11.5. The van der Waals surface area contributed by atoms with Crippen molar-refractivity contribution in [3.63, 3.8) is 0 Å². The van der Waals surface area contributed by atoms with Crippen molar-refractivity contribution in [2.24, 2.45) is 0 Å². The molecule has 1 unspecified atom stereocenters. The molecule has 0 aliphatic heterocycles. The lowest BCUT2D eigenvalue weighted by Gasteiger charge is -2.17. The van der Waals surface area contributed by atoms with Gasteiger partial charge in [0.15, 0.2) is 0 Å². The second-order valence-electron chi connectivity index (χ2n) is 4.71. The van der Waals surface area contributed by atoms with E-state index in [-0.39, 0.29) is 0 Å². The van der Waals surface area contributed by atoms with E-state index in [0.29, 0.717) is 6.04 Å². The van der Waals surface area contributed by atoms with Gasteiger partial charge in [0.2, 0.25) is 0 Å². The van der Waals surface area contributed by atoms with E-state index in [1.165, 1.54) is 42.8 Å². The highest BCUT2D eigenvalue weighted by atomic mass is 32.1. The fraction of sp³-hybridized carbons (Fsp3) is 0.786. The topological polar surface area (TPSA) is 24.9 Å². The highest BCUT2D eigenvalue weighted by Gasteiger charge is 2.07. The molecule has 0 amide bonds. The highest BCUT2D eigenvalue weighted by Crippen LogP contribution is 2.13. The summed E-state index contributed by atoms with van der Waals surface area (Å²) in [5, 5.41) is 7.09. The van der Waals surface area contributed by atoms with Gasteiger partial charge in [0.1, 0.15) is 0 Å². The average molecular weight is 254 g/mol. The Morgan fingerprint density at radius 3 is 2.71 bits per heavy atom. The van der Waals surface area contributed by atoms with E-state index in [1.54, 1.807) is 11.3 Å². The van der Waals surface area contributed by atoms with Crippen molar-refractivity contribution >= 4 is 11.3 Å². The standard InChI is InChI=1S/C14H26N2S/c1-4-7-13(15-10-5-2)8-6-9-14-16-12(3)11-17-14/h11,13,15H,4-10H2,1-3H3. The van der Waals surface area contributed by atoms with Crippen molar-refractivity contribution in [3.8, 4) is 0 Å². The van der Waals surface area contributed by atoms with E-state index >= 15 is 0 Å². The molecule has 0 aliphatic rings. The van der Waals surface area contributed by atoms with Crippen molar-refractivity contribution in [1.29, 1.82) is 0 Å². The lowest BCUT2D eigenvalue weighted by molar-refractivity contribution is 0.437. The monoisotopic (exact) mass is 254 g/mol. The smallest absolute Gasteiger partial charge is 0.0928 e. The summed E-state index contributed by atoms with van der Waals surface area (Å²) in [6.45, 7) is 7.73. The van der Waals surface area contributed by atoms with Crippen LogP contribution in [0.25, 0.3) is 0 Å². The number of hydrogen-bond donors (Lipinski definition) is 1. The van der Waals surface area contributed by atoms with Crippen LogP contribution in [-0.2, 0) is 6.42 Å². The Balaban J connectivity index is 2.21. The molecular weight excluding hydrogens is 228 g/mol. The van der Waals surface area contributed by atoms with Crippen LogP contribution in [0.3, 0.4) is 0 Å². The van der Waals surface area contributed by atoms with Crippen LogP contribution in [0.4, 0.5) is 0 Å². The lowest BCUT2D eigenvalue weighted by Crippen LogP contribution is -2.29. The summed E-state index contributed by atoms with van der Waals surface area (Å²) in [6.07, 6.45) is 7.49. The van der Waals surface area contributed by atoms with Crippen molar-refractivity contribution in [3.05, 3.63) is 16.1 Å². The van der Waals surface area contributed by atoms with E-state index in [4.69, 9.17) is 0 Å². The van der Waals surface area contributed by atoms with Crippen molar-refractivity contribution < 1.29 is 0 Å². The van der Waals surface area contributed by atoms with Crippen molar-refractivity contribution in [1.82, 2.24) is 10.3 Å². The fourth-order valence-electron chi connectivity index (χ4n) is 2.06. The highest BCUT2D eigenvalue weighted by molar-refractivity contribution is 7.09. The first-order valence-corrected chi connectivity index (χ1v) is 7.78. The van der Waals surface area contributed by atoms with E-state index < -0.39 is 0 Å². The van der Waals surface area contributed by atoms with Crippen LogP contribution in [0.15, 0.2) is 5.38 Å². The van der Waals surface area contributed by atoms with Gasteiger partial charge in [-0.25, -0.2) is 4.98 Å². The second kappa shape index (κ2) is 8.65. The Bertz CT molecular complexity index is 296. The first-order chi connectivity index (χ1) is 8.26. The largest absolute Gasteiger partial charge is 0.314 e. The Labute approximate surface area is 110 Å². The summed E-state index contributed by atoms with van der Waals surface area (Å²) in [5.41, 5.74) is 1.17. The zero-order valence-corrected chi connectivity index (χ0v) is 12.3. The minimum Gasteiger partial charge on any atom is -0.314 e. The number of rotatable bonds is 9. The lowest BCUT2D eigenvalue weighted by atomic mass is 10.0. The molecule has 1 heterocycles. The van der Waals surface area contributed by atoms with Gasteiger partial charge >= 0.3 is 0 Å². The zero-order chi connectivity index (χ0) is 12.5. The van der Waals surface area contributed by atoms with E-state index in [0.717, 1.165) is 13.0 Å². The molecule has 0 saturated heterocycles. The molecule has 1 atom stereocenters. The number of nitrogens with one attached hydrogen (secondary N) is 1. The molecule has 1 aromatic heterocycles. The number of nitrogens with zero attached hydrogens (tertiary/aromatic N) is 1. The maximum Gasteiger partial charge on any atom is 0.0928 e. The van der Waals surface area contributed by atoms with Gasteiger partial charge < -0.3 is 5.32 Å².